The summed E-state index contributed by atoms with van der Waals surface area (Å²) in [6.45, 7) is 2.56. The Morgan fingerprint density at radius 3 is 2.44 bits per heavy atom. The molecule has 0 aliphatic carbocycles. The predicted molar refractivity (Wildman–Crippen MR) is 91.6 cm³/mol. The van der Waals surface area contributed by atoms with E-state index in [-0.39, 0.29) is 4.90 Å². The third kappa shape index (κ3) is 4.04. The van der Waals surface area contributed by atoms with E-state index in [2.05, 4.69) is 11.0 Å². The Balaban J connectivity index is 1.64. The smallest absolute Gasteiger partial charge is 0.243 e. The normalized spacial score (nSPS) is 16.5. The molecular weight excluding hydrogens is 341 g/mol. The van der Waals surface area contributed by atoms with Gasteiger partial charge >= 0.3 is 0 Å². The molecule has 25 heavy (non-hydrogen) atoms. The highest BCUT2D eigenvalue weighted by Gasteiger charge is 2.28. The fourth-order valence-electron chi connectivity index (χ4n) is 2.90. The van der Waals surface area contributed by atoms with Gasteiger partial charge in [0, 0.05) is 32.7 Å². The van der Waals surface area contributed by atoms with E-state index in [1.807, 2.05) is 18.2 Å². The Morgan fingerprint density at radius 1 is 1.04 bits per heavy atom. The van der Waals surface area contributed by atoms with E-state index in [9.17, 15) is 12.8 Å². The van der Waals surface area contributed by atoms with Gasteiger partial charge in [-0.25, -0.2) is 12.8 Å². The first-order valence-electron chi connectivity index (χ1n) is 7.96. The second-order valence-electron chi connectivity index (χ2n) is 5.95. The number of sulfonamides is 1. The maximum atomic E-state index is 13.3. The number of piperazine rings is 1. The largest absolute Gasteiger partial charge is 0.296 e. The number of hydrogen-bond donors (Lipinski definition) is 0. The summed E-state index contributed by atoms with van der Waals surface area (Å²) >= 11 is 0. The number of rotatable bonds is 4. The highest BCUT2D eigenvalue weighted by Crippen LogP contribution is 2.19. The minimum Gasteiger partial charge on any atom is -0.296 e. The van der Waals surface area contributed by atoms with Crippen LogP contribution in [0.4, 0.5) is 4.39 Å². The molecule has 130 valence electrons. The zero-order chi connectivity index (χ0) is 17.9. The molecule has 1 aliphatic rings. The first kappa shape index (κ1) is 17.5. The fourth-order valence-corrected chi connectivity index (χ4v) is 4.36. The van der Waals surface area contributed by atoms with E-state index in [1.54, 1.807) is 6.07 Å². The van der Waals surface area contributed by atoms with Crippen molar-refractivity contribution in [3.63, 3.8) is 0 Å². The lowest BCUT2D eigenvalue weighted by atomic mass is 10.1. The van der Waals surface area contributed by atoms with Gasteiger partial charge in [0.15, 0.2) is 0 Å². The maximum absolute atomic E-state index is 13.3. The lowest BCUT2D eigenvalue weighted by Gasteiger charge is -2.34. The molecule has 0 atom stereocenters. The standard InChI is InChI=1S/C18H18FN3O2S/c19-17-5-2-6-18(12-17)25(23,24)22-9-7-21(8-10-22)14-16-4-1-3-15(11-16)13-20/h1-6,11-12H,7-10,14H2. The van der Waals surface area contributed by atoms with E-state index in [0.717, 1.165) is 11.6 Å². The van der Waals surface area contributed by atoms with Gasteiger partial charge in [-0.3, -0.25) is 4.90 Å². The van der Waals surface area contributed by atoms with E-state index >= 15 is 0 Å². The molecule has 0 spiro atoms. The average Bonchev–Trinajstić information content (AvgIpc) is 2.62. The summed E-state index contributed by atoms with van der Waals surface area (Å²) in [5.41, 5.74) is 1.64. The Labute approximate surface area is 147 Å². The molecule has 0 aromatic heterocycles. The van der Waals surface area contributed by atoms with Crippen LogP contribution in [0.15, 0.2) is 53.4 Å². The van der Waals surface area contributed by atoms with Crippen LogP contribution in [0.2, 0.25) is 0 Å². The van der Waals surface area contributed by atoms with Gasteiger partial charge in [-0.15, -0.1) is 0 Å². The minimum atomic E-state index is -3.67. The van der Waals surface area contributed by atoms with Crippen molar-refractivity contribution in [2.75, 3.05) is 26.2 Å². The van der Waals surface area contributed by atoms with Crippen LogP contribution in [0.5, 0.6) is 0 Å². The van der Waals surface area contributed by atoms with Crippen molar-refractivity contribution in [2.45, 2.75) is 11.4 Å². The molecule has 2 aromatic carbocycles. The molecule has 0 unspecified atom stereocenters. The summed E-state index contributed by atoms with van der Waals surface area (Å²) in [5.74, 6) is -0.558. The van der Waals surface area contributed by atoms with Crippen LogP contribution in [-0.4, -0.2) is 43.8 Å². The summed E-state index contributed by atoms with van der Waals surface area (Å²) in [6, 6.07) is 14.6. The van der Waals surface area contributed by atoms with Crippen LogP contribution in [0.25, 0.3) is 0 Å². The van der Waals surface area contributed by atoms with Crippen molar-refractivity contribution in [3.8, 4) is 6.07 Å². The third-order valence-corrected chi connectivity index (χ3v) is 6.12. The van der Waals surface area contributed by atoms with Crippen LogP contribution < -0.4 is 0 Å². The Morgan fingerprint density at radius 2 is 1.76 bits per heavy atom. The highest BCUT2D eigenvalue weighted by molar-refractivity contribution is 7.89. The van der Waals surface area contributed by atoms with Crippen LogP contribution in [-0.2, 0) is 16.6 Å². The van der Waals surface area contributed by atoms with E-state index < -0.39 is 15.8 Å². The monoisotopic (exact) mass is 359 g/mol. The SMILES string of the molecule is N#Cc1cccc(CN2CCN(S(=O)(=O)c3cccc(F)c3)CC2)c1. The number of nitriles is 1. The molecule has 1 aliphatic heterocycles. The number of hydrogen-bond acceptors (Lipinski definition) is 4. The average molecular weight is 359 g/mol. The lowest BCUT2D eigenvalue weighted by molar-refractivity contribution is 0.181. The summed E-state index contributed by atoms with van der Waals surface area (Å²) < 4.78 is 39.9. The Bertz CT molecular complexity index is 901. The minimum absolute atomic E-state index is 0.0114. The molecule has 1 fully saturated rings. The molecule has 0 saturated carbocycles. The van der Waals surface area contributed by atoms with Gasteiger partial charge in [0.1, 0.15) is 5.82 Å². The second kappa shape index (κ2) is 7.31. The van der Waals surface area contributed by atoms with Gasteiger partial charge < -0.3 is 0 Å². The van der Waals surface area contributed by atoms with Gasteiger partial charge in [0.2, 0.25) is 10.0 Å². The van der Waals surface area contributed by atoms with Crippen LogP contribution in [0.3, 0.4) is 0 Å². The Kier molecular flexibility index (Phi) is 5.13. The zero-order valence-electron chi connectivity index (χ0n) is 13.6. The fraction of sp³-hybridized carbons (Fsp3) is 0.278. The summed E-state index contributed by atoms with van der Waals surface area (Å²) in [6.07, 6.45) is 0. The molecule has 7 heteroatoms. The number of benzene rings is 2. The van der Waals surface area contributed by atoms with Gasteiger partial charge in [-0.05, 0) is 35.9 Å². The zero-order valence-corrected chi connectivity index (χ0v) is 14.4. The molecule has 0 amide bonds. The summed E-state index contributed by atoms with van der Waals surface area (Å²) in [7, 11) is -3.67. The molecule has 5 nitrogen and oxygen atoms in total. The maximum Gasteiger partial charge on any atom is 0.243 e. The second-order valence-corrected chi connectivity index (χ2v) is 7.89. The molecule has 0 N–H and O–H groups in total. The van der Waals surface area contributed by atoms with Gasteiger partial charge in [-0.1, -0.05) is 18.2 Å². The molecule has 3 rings (SSSR count). The van der Waals surface area contributed by atoms with E-state index in [1.165, 1.54) is 22.5 Å². The quantitative estimate of drug-likeness (QED) is 0.840. The van der Waals surface area contributed by atoms with Gasteiger partial charge in [0.25, 0.3) is 0 Å². The van der Waals surface area contributed by atoms with Crippen molar-refractivity contribution in [2.24, 2.45) is 0 Å². The first-order valence-corrected chi connectivity index (χ1v) is 9.40. The molecule has 0 radical (unpaired) electrons. The van der Waals surface area contributed by atoms with Crippen molar-refractivity contribution in [1.29, 1.82) is 5.26 Å². The van der Waals surface area contributed by atoms with Gasteiger partial charge in [0.05, 0.1) is 16.5 Å². The summed E-state index contributed by atoms with van der Waals surface area (Å²) in [4.78, 5) is 2.14. The Hall–Kier alpha value is -2.27. The number of nitrogens with zero attached hydrogens (tertiary/aromatic N) is 3. The highest BCUT2D eigenvalue weighted by atomic mass is 32.2. The van der Waals surface area contributed by atoms with Crippen molar-refractivity contribution >= 4 is 10.0 Å². The van der Waals surface area contributed by atoms with E-state index in [4.69, 9.17) is 5.26 Å². The van der Waals surface area contributed by atoms with E-state index in [0.29, 0.717) is 38.3 Å². The van der Waals surface area contributed by atoms with Crippen molar-refractivity contribution in [3.05, 3.63) is 65.5 Å². The van der Waals surface area contributed by atoms with Crippen LogP contribution in [0.1, 0.15) is 11.1 Å². The third-order valence-electron chi connectivity index (χ3n) is 4.23. The van der Waals surface area contributed by atoms with Crippen molar-refractivity contribution < 1.29 is 12.8 Å². The van der Waals surface area contributed by atoms with Crippen molar-refractivity contribution in [1.82, 2.24) is 9.21 Å². The molecule has 1 heterocycles. The number of halogens is 1. The molecule has 2 aromatic rings. The molecule has 1 saturated heterocycles. The van der Waals surface area contributed by atoms with Crippen LogP contribution >= 0.6 is 0 Å². The topological polar surface area (TPSA) is 64.4 Å². The lowest BCUT2D eigenvalue weighted by Crippen LogP contribution is -2.48. The molecule has 0 bridgehead atoms. The predicted octanol–water partition coefficient (Wildman–Crippen LogP) is 2.20. The first-order chi connectivity index (χ1) is 12.0. The van der Waals surface area contributed by atoms with Gasteiger partial charge in [-0.2, -0.15) is 9.57 Å². The summed E-state index contributed by atoms with van der Waals surface area (Å²) in [5, 5.41) is 8.96. The van der Waals surface area contributed by atoms with Crippen LogP contribution in [0, 0.1) is 17.1 Å². The molecular formula is C18H18FN3O2S.